The number of rotatable bonds is 6. The second kappa shape index (κ2) is 11.0. The first-order valence-corrected chi connectivity index (χ1v) is 11.7. The van der Waals surface area contributed by atoms with Gasteiger partial charge in [0, 0.05) is 25.0 Å². The number of fused-ring (bicyclic) bond motifs is 1. The van der Waals surface area contributed by atoms with E-state index in [1.54, 1.807) is 50.7 Å². The molecule has 0 radical (unpaired) electrons. The van der Waals surface area contributed by atoms with Crippen LogP contribution in [-0.2, 0) is 6.54 Å². The van der Waals surface area contributed by atoms with E-state index < -0.39 is 0 Å². The van der Waals surface area contributed by atoms with E-state index in [2.05, 4.69) is 16.0 Å². The summed E-state index contributed by atoms with van der Waals surface area (Å²) in [5, 5.41) is 11.2. The van der Waals surface area contributed by atoms with Crippen molar-refractivity contribution >= 4 is 23.4 Å². The fourth-order valence-electron chi connectivity index (χ4n) is 4.94. The van der Waals surface area contributed by atoms with Crippen molar-refractivity contribution in [3.05, 3.63) is 82.5 Å². The van der Waals surface area contributed by atoms with Gasteiger partial charge in [-0.3, -0.25) is 14.7 Å². The predicted octanol–water partition coefficient (Wildman–Crippen LogP) is 5.73. The van der Waals surface area contributed by atoms with E-state index in [4.69, 9.17) is 13.9 Å². The molecule has 0 bridgehead atoms. The van der Waals surface area contributed by atoms with E-state index in [0.29, 0.717) is 45.7 Å². The number of piperidine rings is 1. The summed E-state index contributed by atoms with van der Waals surface area (Å²) < 4.78 is 16.7. The molecule has 0 saturated carbocycles. The van der Waals surface area contributed by atoms with Crippen LogP contribution in [0.1, 0.15) is 36.4 Å². The number of hydrogen-bond acceptors (Lipinski definition) is 7. The van der Waals surface area contributed by atoms with E-state index in [0.717, 1.165) is 31.4 Å². The average Bonchev–Trinajstić information content (AvgIpc) is 2.91. The summed E-state index contributed by atoms with van der Waals surface area (Å²) in [6.07, 6.45) is 8.38. The van der Waals surface area contributed by atoms with Crippen molar-refractivity contribution in [3.8, 4) is 28.4 Å². The number of phenolic OH excluding ortho intramolecular Hbond substituents is 1. The van der Waals surface area contributed by atoms with Crippen LogP contribution in [0.5, 0.6) is 17.2 Å². The first kappa shape index (κ1) is 25.5. The summed E-state index contributed by atoms with van der Waals surface area (Å²) in [6, 6.07) is 12.8. The van der Waals surface area contributed by atoms with Crippen molar-refractivity contribution < 1.29 is 19.0 Å². The zero-order valence-electron chi connectivity index (χ0n) is 20.3. The van der Waals surface area contributed by atoms with E-state index >= 15 is 0 Å². The molecule has 5 rings (SSSR count). The third-order valence-corrected chi connectivity index (χ3v) is 6.76. The van der Waals surface area contributed by atoms with E-state index in [1.165, 1.54) is 6.26 Å². The van der Waals surface area contributed by atoms with Crippen molar-refractivity contribution in [3.63, 3.8) is 0 Å². The van der Waals surface area contributed by atoms with Crippen LogP contribution in [-0.4, -0.2) is 35.8 Å². The molecule has 1 N–H and O–H groups in total. The Bertz CT molecular complexity index is 1410. The number of methoxy groups -OCH3 is 2. The van der Waals surface area contributed by atoms with Crippen LogP contribution in [0.3, 0.4) is 0 Å². The molecule has 1 aliphatic heterocycles. The zero-order chi connectivity index (χ0) is 24.4. The Balaban J connectivity index is 0.00000304. The molecule has 1 saturated heterocycles. The molecule has 1 fully saturated rings. The van der Waals surface area contributed by atoms with E-state index in [-0.39, 0.29) is 29.6 Å². The van der Waals surface area contributed by atoms with Crippen LogP contribution in [0.25, 0.3) is 22.1 Å². The maximum atomic E-state index is 13.5. The minimum atomic E-state index is -0.165. The molecule has 4 aromatic rings. The minimum absolute atomic E-state index is 0. The smallest absolute Gasteiger partial charge is 0.200 e. The molecule has 2 aromatic carbocycles. The molecule has 36 heavy (non-hydrogen) atoms. The number of halogens is 1. The highest BCUT2D eigenvalue weighted by atomic mass is 35.5. The Hall–Kier alpha value is -3.55. The number of pyridine rings is 1. The molecular formula is C28H29ClN2O5. The number of hydrogen-bond donors (Lipinski definition) is 1. The average molecular weight is 509 g/mol. The quantitative estimate of drug-likeness (QED) is 0.356. The highest BCUT2D eigenvalue weighted by Crippen LogP contribution is 2.36. The van der Waals surface area contributed by atoms with Crippen LogP contribution in [0, 0.1) is 0 Å². The SMILES string of the molecule is COc1ccc(-c2coc3c(CN4CCCCC4c4cccnc4)c(O)ccc3c2=O)cc1OC.Cl. The Morgan fingerprint density at radius 2 is 1.94 bits per heavy atom. The number of nitrogens with zero attached hydrogens (tertiary/aromatic N) is 2. The molecule has 7 nitrogen and oxygen atoms in total. The highest BCUT2D eigenvalue weighted by molar-refractivity contribution is 5.86. The van der Waals surface area contributed by atoms with Gasteiger partial charge < -0.3 is 19.0 Å². The summed E-state index contributed by atoms with van der Waals surface area (Å²) in [4.78, 5) is 20.1. The highest BCUT2D eigenvalue weighted by Gasteiger charge is 2.26. The standard InChI is InChI=1S/C28H28N2O5.ClH/c1-33-25-11-8-18(14-26(25)34-2)22-17-35-28-20(27(22)32)9-10-24(31)21(28)16-30-13-4-3-7-23(30)19-6-5-12-29-15-19;/h5-6,8-12,14-15,17,23,31H,3-4,7,13,16H2,1-2H3;1H. The van der Waals surface area contributed by atoms with E-state index in [9.17, 15) is 9.90 Å². The van der Waals surface area contributed by atoms with Crippen LogP contribution < -0.4 is 14.9 Å². The van der Waals surface area contributed by atoms with Crippen LogP contribution in [0.15, 0.2) is 70.3 Å². The molecule has 8 heteroatoms. The Morgan fingerprint density at radius 3 is 2.69 bits per heavy atom. The van der Waals surface area contributed by atoms with Crippen molar-refractivity contribution in [2.45, 2.75) is 31.8 Å². The van der Waals surface area contributed by atoms with Gasteiger partial charge in [-0.15, -0.1) is 12.4 Å². The third-order valence-electron chi connectivity index (χ3n) is 6.76. The van der Waals surface area contributed by atoms with Gasteiger partial charge in [0.25, 0.3) is 0 Å². The monoisotopic (exact) mass is 508 g/mol. The molecule has 0 amide bonds. The maximum absolute atomic E-state index is 13.5. The van der Waals surface area contributed by atoms with Gasteiger partial charge in [0.1, 0.15) is 17.6 Å². The molecule has 1 aliphatic rings. The first-order valence-electron chi connectivity index (χ1n) is 11.7. The van der Waals surface area contributed by atoms with E-state index in [1.807, 2.05) is 12.3 Å². The van der Waals surface area contributed by atoms with Crippen LogP contribution in [0.4, 0.5) is 0 Å². The largest absolute Gasteiger partial charge is 0.507 e. The van der Waals surface area contributed by atoms with Crippen molar-refractivity contribution in [2.24, 2.45) is 0 Å². The summed E-state index contributed by atoms with van der Waals surface area (Å²) in [7, 11) is 3.12. The lowest BCUT2D eigenvalue weighted by Crippen LogP contribution is -2.33. The number of phenols is 1. The summed E-state index contributed by atoms with van der Waals surface area (Å²) in [5.74, 6) is 1.23. The molecule has 0 aliphatic carbocycles. The lowest BCUT2D eigenvalue weighted by atomic mass is 9.95. The van der Waals surface area contributed by atoms with Gasteiger partial charge in [-0.1, -0.05) is 18.6 Å². The van der Waals surface area contributed by atoms with Gasteiger partial charge in [0.2, 0.25) is 5.43 Å². The van der Waals surface area contributed by atoms with Gasteiger partial charge in [-0.2, -0.15) is 0 Å². The van der Waals surface area contributed by atoms with Crippen molar-refractivity contribution in [2.75, 3.05) is 20.8 Å². The molecule has 3 heterocycles. The number of likely N-dealkylation sites (tertiary alicyclic amines) is 1. The lowest BCUT2D eigenvalue weighted by Gasteiger charge is -2.36. The molecule has 2 aromatic heterocycles. The fraction of sp³-hybridized carbons (Fsp3) is 0.286. The zero-order valence-corrected chi connectivity index (χ0v) is 21.1. The van der Waals surface area contributed by atoms with Crippen LogP contribution in [0.2, 0.25) is 0 Å². The lowest BCUT2D eigenvalue weighted by molar-refractivity contribution is 0.139. The summed E-state index contributed by atoms with van der Waals surface area (Å²) in [6.45, 7) is 1.37. The van der Waals surface area contributed by atoms with Crippen LogP contribution >= 0.6 is 12.4 Å². The molecule has 1 unspecified atom stereocenters. The summed E-state index contributed by atoms with van der Waals surface area (Å²) >= 11 is 0. The number of ether oxygens (including phenoxy) is 2. The second-order valence-corrected chi connectivity index (χ2v) is 8.76. The third kappa shape index (κ3) is 4.76. The topological polar surface area (TPSA) is 85.0 Å². The molecule has 1 atom stereocenters. The Labute approximate surface area is 215 Å². The number of aromatic nitrogens is 1. The van der Waals surface area contributed by atoms with Gasteiger partial charge >= 0.3 is 0 Å². The van der Waals surface area contributed by atoms with Gasteiger partial charge in [-0.25, -0.2) is 0 Å². The van der Waals surface area contributed by atoms with Gasteiger partial charge in [-0.05, 0) is 60.8 Å². The minimum Gasteiger partial charge on any atom is -0.507 e. The van der Waals surface area contributed by atoms with Gasteiger partial charge in [0.05, 0.1) is 30.7 Å². The molecule has 0 spiro atoms. The normalized spacial score (nSPS) is 15.9. The fourth-order valence-corrected chi connectivity index (χ4v) is 4.94. The molecular weight excluding hydrogens is 480 g/mol. The summed E-state index contributed by atoms with van der Waals surface area (Å²) in [5.41, 5.74) is 3.11. The predicted molar refractivity (Wildman–Crippen MR) is 141 cm³/mol. The number of benzene rings is 2. The number of aromatic hydroxyl groups is 1. The Morgan fingerprint density at radius 1 is 1.11 bits per heavy atom. The van der Waals surface area contributed by atoms with Crippen molar-refractivity contribution in [1.29, 1.82) is 0 Å². The Kier molecular flexibility index (Phi) is 7.82. The van der Waals surface area contributed by atoms with Gasteiger partial charge in [0.15, 0.2) is 11.5 Å². The van der Waals surface area contributed by atoms with Crippen molar-refractivity contribution in [1.82, 2.24) is 9.88 Å². The second-order valence-electron chi connectivity index (χ2n) is 8.76. The first-order chi connectivity index (χ1) is 17.1. The maximum Gasteiger partial charge on any atom is 0.200 e. The molecule has 188 valence electrons.